The summed E-state index contributed by atoms with van der Waals surface area (Å²) in [5, 5.41) is 9.06. The first-order valence-corrected chi connectivity index (χ1v) is 8.39. The van der Waals surface area contributed by atoms with Crippen LogP contribution in [0.5, 0.6) is 0 Å². The zero-order valence-corrected chi connectivity index (χ0v) is 15.1. The smallest absolute Gasteiger partial charge is 0.335 e. The molecule has 0 atom stereocenters. The Bertz CT molecular complexity index is 951. The third-order valence-corrected chi connectivity index (χ3v) is 4.70. The molecule has 0 aromatic heterocycles. The molecule has 0 unspecified atom stereocenters. The van der Waals surface area contributed by atoms with E-state index in [-0.39, 0.29) is 0 Å². The minimum absolute atomic E-state index is 0.310. The van der Waals surface area contributed by atoms with E-state index in [1.54, 1.807) is 12.1 Å². The van der Waals surface area contributed by atoms with Crippen LogP contribution in [0.3, 0.4) is 0 Å². The molecule has 0 saturated carbocycles. The lowest BCUT2D eigenvalue weighted by molar-refractivity contribution is 0.0697. The molecule has 0 saturated heterocycles. The maximum Gasteiger partial charge on any atom is 0.335 e. The summed E-state index contributed by atoms with van der Waals surface area (Å²) < 4.78 is 0. The van der Waals surface area contributed by atoms with Crippen molar-refractivity contribution in [2.45, 2.75) is 27.7 Å². The predicted molar refractivity (Wildman–Crippen MR) is 103 cm³/mol. The van der Waals surface area contributed by atoms with Crippen LogP contribution in [0.2, 0.25) is 0 Å². The van der Waals surface area contributed by atoms with Crippen molar-refractivity contribution >= 4 is 5.97 Å². The van der Waals surface area contributed by atoms with Crippen LogP contribution in [-0.4, -0.2) is 11.1 Å². The molecule has 3 aromatic carbocycles. The van der Waals surface area contributed by atoms with E-state index in [0.717, 1.165) is 11.1 Å². The van der Waals surface area contributed by atoms with Crippen LogP contribution in [-0.2, 0) is 0 Å². The van der Waals surface area contributed by atoms with E-state index in [9.17, 15) is 4.79 Å². The quantitative estimate of drug-likeness (QED) is 0.644. The molecule has 0 fully saturated rings. The van der Waals surface area contributed by atoms with Gasteiger partial charge in [-0.2, -0.15) is 0 Å². The molecular weight excluding hydrogens is 308 g/mol. The van der Waals surface area contributed by atoms with E-state index in [4.69, 9.17) is 5.11 Å². The predicted octanol–water partition coefficient (Wildman–Crippen LogP) is 5.95. The molecular formula is C23H22O2. The van der Waals surface area contributed by atoms with Crippen molar-refractivity contribution in [1.29, 1.82) is 0 Å². The van der Waals surface area contributed by atoms with Gasteiger partial charge in [-0.05, 0) is 78.8 Å². The molecule has 2 heteroatoms. The largest absolute Gasteiger partial charge is 0.478 e. The standard InChI is InChI=1S/C23H22O2/c1-14-5-6-15(2)21(11-14)22-13-16(3)20(12-17(22)4)18-7-9-19(10-8-18)23(24)25/h5-13H,1-4H3,(H,24,25). The second kappa shape index (κ2) is 6.56. The van der Waals surface area contributed by atoms with Gasteiger partial charge in [0.15, 0.2) is 0 Å². The lowest BCUT2D eigenvalue weighted by Gasteiger charge is -2.15. The first-order valence-electron chi connectivity index (χ1n) is 8.39. The fraction of sp³-hybridized carbons (Fsp3) is 0.174. The summed E-state index contributed by atoms with van der Waals surface area (Å²) >= 11 is 0. The van der Waals surface area contributed by atoms with Crippen LogP contribution in [0.1, 0.15) is 32.6 Å². The van der Waals surface area contributed by atoms with Gasteiger partial charge in [-0.3, -0.25) is 0 Å². The fourth-order valence-corrected chi connectivity index (χ4v) is 3.24. The van der Waals surface area contributed by atoms with E-state index < -0.39 is 5.97 Å². The number of rotatable bonds is 3. The Morgan fingerprint density at radius 2 is 1.24 bits per heavy atom. The van der Waals surface area contributed by atoms with Crippen molar-refractivity contribution in [3.8, 4) is 22.3 Å². The van der Waals surface area contributed by atoms with Crippen molar-refractivity contribution < 1.29 is 9.90 Å². The van der Waals surface area contributed by atoms with Crippen molar-refractivity contribution in [2.75, 3.05) is 0 Å². The number of aryl methyl sites for hydroxylation is 4. The first-order chi connectivity index (χ1) is 11.9. The average Bonchev–Trinajstić information content (AvgIpc) is 2.59. The number of benzene rings is 3. The highest BCUT2D eigenvalue weighted by Gasteiger charge is 2.11. The van der Waals surface area contributed by atoms with Gasteiger partial charge in [-0.15, -0.1) is 0 Å². The Hall–Kier alpha value is -2.87. The maximum absolute atomic E-state index is 11.0. The van der Waals surface area contributed by atoms with E-state index in [1.807, 2.05) is 12.1 Å². The Labute approximate surface area is 148 Å². The maximum atomic E-state index is 11.0. The van der Waals surface area contributed by atoms with E-state index in [2.05, 4.69) is 58.0 Å². The van der Waals surface area contributed by atoms with Gasteiger partial charge in [0, 0.05) is 0 Å². The van der Waals surface area contributed by atoms with Crippen LogP contribution >= 0.6 is 0 Å². The van der Waals surface area contributed by atoms with E-state index in [0.29, 0.717) is 5.56 Å². The molecule has 0 heterocycles. The summed E-state index contributed by atoms with van der Waals surface area (Å²) in [6, 6.07) is 18.0. The van der Waals surface area contributed by atoms with E-state index >= 15 is 0 Å². The van der Waals surface area contributed by atoms with Crippen LogP contribution in [0, 0.1) is 27.7 Å². The second-order valence-electron chi connectivity index (χ2n) is 6.68. The summed E-state index contributed by atoms with van der Waals surface area (Å²) in [7, 11) is 0. The number of hydrogen-bond donors (Lipinski definition) is 1. The molecule has 3 aromatic rings. The second-order valence-corrected chi connectivity index (χ2v) is 6.68. The molecule has 0 spiro atoms. The number of carbonyl (C=O) groups is 1. The van der Waals surface area contributed by atoms with Crippen LogP contribution in [0.25, 0.3) is 22.3 Å². The number of carboxylic acid groups (broad SMARTS) is 1. The number of hydrogen-bond acceptors (Lipinski definition) is 1. The third kappa shape index (κ3) is 3.34. The van der Waals surface area contributed by atoms with Crippen LogP contribution in [0.15, 0.2) is 54.6 Å². The molecule has 0 aliphatic rings. The number of aromatic carboxylic acids is 1. The van der Waals surface area contributed by atoms with Gasteiger partial charge in [-0.25, -0.2) is 4.79 Å². The summed E-state index contributed by atoms with van der Waals surface area (Å²) in [6.07, 6.45) is 0. The monoisotopic (exact) mass is 330 g/mol. The molecule has 1 N–H and O–H groups in total. The highest BCUT2D eigenvalue weighted by molar-refractivity contribution is 5.88. The molecule has 2 nitrogen and oxygen atoms in total. The van der Waals surface area contributed by atoms with Crippen LogP contribution in [0.4, 0.5) is 0 Å². The van der Waals surface area contributed by atoms with Gasteiger partial charge in [0.25, 0.3) is 0 Å². The molecule has 0 aliphatic carbocycles. The molecule has 3 rings (SSSR count). The SMILES string of the molecule is Cc1ccc(C)c(-c2cc(C)c(-c3ccc(C(=O)O)cc3)cc2C)c1. The van der Waals surface area contributed by atoms with Crippen molar-refractivity contribution in [3.05, 3.63) is 82.4 Å². The lowest BCUT2D eigenvalue weighted by atomic mass is 9.89. The molecule has 0 radical (unpaired) electrons. The zero-order valence-electron chi connectivity index (χ0n) is 15.1. The van der Waals surface area contributed by atoms with Gasteiger partial charge < -0.3 is 5.11 Å². The molecule has 0 bridgehead atoms. The van der Waals surface area contributed by atoms with Gasteiger partial charge in [0.05, 0.1) is 5.56 Å². The van der Waals surface area contributed by atoms with E-state index in [1.165, 1.54) is 33.4 Å². The Morgan fingerprint density at radius 3 is 1.88 bits per heavy atom. The topological polar surface area (TPSA) is 37.3 Å². The summed E-state index contributed by atoms with van der Waals surface area (Å²) in [5.74, 6) is -0.898. The lowest BCUT2D eigenvalue weighted by Crippen LogP contribution is -1.96. The fourth-order valence-electron chi connectivity index (χ4n) is 3.24. The number of carboxylic acids is 1. The van der Waals surface area contributed by atoms with Gasteiger partial charge >= 0.3 is 5.97 Å². The molecule has 0 aliphatic heterocycles. The minimum atomic E-state index is -0.898. The van der Waals surface area contributed by atoms with Gasteiger partial charge in [0.1, 0.15) is 0 Å². The van der Waals surface area contributed by atoms with Crippen molar-refractivity contribution in [3.63, 3.8) is 0 Å². The highest BCUT2D eigenvalue weighted by atomic mass is 16.4. The molecule has 126 valence electrons. The van der Waals surface area contributed by atoms with Gasteiger partial charge in [0.2, 0.25) is 0 Å². The Morgan fingerprint density at radius 1 is 0.680 bits per heavy atom. The minimum Gasteiger partial charge on any atom is -0.478 e. The third-order valence-electron chi connectivity index (χ3n) is 4.70. The summed E-state index contributed by atoms with van der Waals surface area (Å²) in [5.41, 5.74) is 9.95. The molecule has 0 amide bonds. The average molecular weight is 330 g/mol. The van der Waals surface area contributed by atoms with Crippen molar-refractivity contribution in [2.24, 2.45) is 0 Å². The highest BCUT2D eigenvalue weighted by Crippen LogP contribution is 2.33. The zero-order chi connectivity index (χ0) is 18.1. The first kappa shape index (κ1) is 17.0. The Balaban J connectivity index is 2.09. The molecule has 25 heavy (non-hydrogen) atoms. The Kier molecular flexibility index (Phi) is 4.45. The summed E-state index contributed by atoms with van der Waals surface area (Å²) in [4.78, 5) is 11.0. The van der Waals surface area contributed by atoms with Crippen molar-refractivity contribution in [1.82, 2.24) is 0 Å². The summed E-state index contributed by atoms with van der Waals surface area (Å²) in [6.45, 7) is 8.49. The normalized spacial score (nSPS) is 10.7. The van der Waals surface area contributed by atoms with Gasteiger partial charge in [-0.1, -0.05) is 48.0 Å². The van der Waals surface area contributed by atoms with Crippen LogP contribution < -0.4 is 0 Å².